The van der Waals surface area contributed by atoms with Crippen molar-refractivity contribution in [1.82, 2.24) is 9.78 Å². The fourth-order valence-corrected chi connectivity index (χ4v) is 3.83. The number of ether oxygens (including phenoxy) is 1. The zero-order valence-electron chi connectivity index (χ0n) is 16.1. The molecule has 0 radical (unpaired) electrons. The minimum absolute atomic E-state index is 0.0417. The van der Waals surface area contributed by atoms with Crippen molar-refractivity contribution in [2.75, 3.05) is 12.4 Å². The van der Waals surface area contributed by atoms with Crippen LogP contribution in [-0.2, 0) is 0 Å². The van der Waals surface area contributed by atoms with E-state index in [0.717, 1.165) is 23.7 Å². The molecule has 1 aromatic carbocycles. The van der Waals surface area contributed by atoms with Crippen LogP contribution >= 0.6 is 0 Å². The molecule has 3 aromatic rings. The minimum Gasteiger partial charge on any atom is -0.618 e. The van der Waals surface area contributed by atoms with E-state index in [9.17, 15) is 10.0 Å². The highest BCUT2D eigenvalue weighted by molar-refractivity contribution is 6.04. The number of rotatable bonds is 4. The van der Waals surface area contributed by atoms with E-state index in [4.69, 9.17) is 9.84 Å². The smallest absolute Gasteiger partial charge is 0.321 e. The number of carbonyl (C=O) groups is 1. The Bertz CT molecular complexity index is 1020. The Labute approximate surface area is 163 Å². The van der Waals surface area contributed by atoms with E-state index < -0.39 is 5.91 Å². The van der Waals surface area contributed by atoms with Crippen LogP contribution in [0.1, 0.15) is 54.3 Å². The molecule has 1 aliphatic rings. The molecule has 0 spiro atoms. The average Bonchev–Trinajstić information content (AvgIpc) is 3.13. The Morgan fingerprint density at radius 3 is 2.82 bits per heavy atom. The van der Waals surface area contributed by atoms with Crippen LogP contribution in [0.4, 0.5) is 5.69 Å². The maximum atomic E-state index is 12.6. The summed E-state index contributed by atoms with van der Waals surface area (Å²) in [5.74, 6) is 0.0378. The number of nitrogens with zero attached hydrogens (tertiary/aromatic N) is 3. The average molecular weight is 380 g/mol. The van der Waals surface area contributed by atoms with Gasteiger partial charge in [0.25, 0.3) is 5.69 Å². The molecule has 1 saturated carbocycles. The number of nitrogens with one attached hydrogen (secondary N) is 1. The van der Waals surface area contributed by atoms with Crippen LogP contribution in [0.3, 0.4) is 0 Å². The summed E-state index contributed by atoms with van der Waals surface area (Å²) in [5, 5.41) is 20.6. The van der Waals surface area contributed by atoms with Gasteiger partial charge >= 0.3 is 5.91 Å². The van der Waals surface area contributed by atoms with Crippen molar-refractivity contribution in [1.29, 1.82) is 0 Å². The fraction of sp³-hybridized carbons (Fsp3) is 0.381. The first-order valence-corrected chi connectivity index (χ1v) is 9.64. The van der Waals surface area contributed by atoms with E-state index in [2.05, 4.69) is 5.32 Å². The van der Waals surface area contributed by atoms with Crippen LogP contribution < -0.4 is 14.8 Å². The van der Waals surface area contributed by atoms with E-state index in [0.29, 0.717) is 27.9 Å². The van der Waals surface area contributed by atoms with Crippen molar-refractivity contribution in [3.63, 3.8) is 0 Å². The Morgan fingerprint density at radius 1 is 1.29 bits per heavy atom. The van der Waals surface area contributed by atoms with E-state index in [1.807, 2.05) is 23.0 Å². The van der Waals surface area contributed by atoms with Gasteiger partial charge in [-0.25, -0.2) is 0 Å². The zero-order valence-corrected chi connectivity index (χ0v) is 16.1. The summed E-state index contributed by atoms with van der Waals surface area (Å²) in [6, 6.07) is 8.96. The normalized spacial score (nSPS) is 14.9. The third-order valence-corrected chi connectivity index (χ3v) is 5.40. The summed E-state index contributed by atoms with van der Waals surface area (Å²) in [6.45, 7) is 1.66. The van der Waals surface area contributed by atoms with Gasteiger partial charge < -0.3 is 15.3 Å². The van der Waals surface area contributed by atoms with Crippen LogP contribution in [0.25, 0.3) is 10.9 Å². The van der Waals surface area contributed by atoms with Gasteiger partial charge in [-0.05, 0) is 25.0 Å². The standard InChI is InChI=1S/C21H24N4O3/c1-14-7-6-10-19(25(14)27)21(26)22-18-11-15-13-24(16-8-4-3-5-9-16)23-17(15)12-20(18)28-2/h6-7,10-13,16H,3-5,8-9H2,1-2H3,(H,22,26). The van der Waals surface area contributed by atoms with Crippen molar-refractivity contribution >= 4 is 22.5 Å². The van der Waals surface area contributed by atoms with Gasteiger partial charge in [0, 0.05) is 36.7 Å². The molecule has 1 aliphatic carbocycles. The number of amides is 1. The molecule has 146 valence electrons. The lowest BCUT2D eigenvalue weighted by Crippen LogP contribution is -2.39. The van der Waals surface area contributed by atoms with Gasteiger partial charge in [0.1, 0.15) is 5.75 Å². The topological polar surface area (TPSA) is 83.1 Å². The zero-order chi connectivity index (χ0) is 19.7. The highest BCUT2D eigenvalue weighted by Crippen LogP contribution is 2.33. The number of pyridine rings is 1. The second kappa shape index (κ2) is 7.50. The number of fused-ring (bicyclic) bond motifs is 1. The predicted molar refractivity (Wildman–Crippen MR) is 106 cm³/mol. The summed E-state index contributed by atoms with van der Waals surface area (Å²) >= 11 is 0. The molecule has 2 heterocycles. The molecule has 0 saturated heterocycles. The summed E-state index contributed by atoms with van der Waals surface area (Å²) < 4.78 is 8.12. The molecule has 0 bridgehead atoms. The van der Waals surface area contributed by atoms with Crippen LogP contribution in [0.5, 0.6) is 5.75 Å². The molecule has 1 fully saturated rings. The molecule has 1 amide bonds. The van der Waals surface area contributed by atoms with Gasteiger partial charge in [0.05, 0.1) is 24.4 Å². The van der Waals surface area contributed by atoms with Crippen LogP contribution in [0, 0.1) is 12.1 Å². The third-order valence-electron chi connectivity index (χ3n) is 5.40. The molecular weight excluding hydrogens is 356 g/mol. The lowest BCUT2D eigenvalue weighted by Gasteiger charge is -2.21. The third kappa shape index (κ3) is 3.40. The molecule has 28 heavy (non-hydrogen) atoms. The van der Waals surface area contributed by atoms with Gasteiger partial charge in [-0.15, -0.1) is 0 Å². The first kappa shape index (κ1) is 18.3. The molecular formula is C21H24N4O3. The number of carbonyl (C=O) groups excluding carboxylic acids is 1. The summed E-state index contributed by atoms with van der Waals surface area (Å²) in [5.41, 5.74) is 1.85. The van der Waals surface area contributed by atoms with Crippen molar-refractivity contribution < 1.29 is 14.3 Å². The monoisotopic (exact) mass is 380 g/mol. The van der Waals surface area contributed by atoms with Gasteiger partial charge in [0.2, 0.25) is 0 Å². The first-order chi connectivity index (χ1) is 13.6. The first-order valence-electron chi connectivity index (χ1n) is 9.64. The number of hydrogen-bond donors (Lipinski definition) is 1. The van der Waals surface area contributed by atoms with Crippen molar-refractivity contribution in [2.24, 2.45) is 0 Å². The molecule has 1 N–H and O–H groups in total. The fourth-order valence-electron chi connectivity index (χ4n) is 3.83. The number of aromatic nitrogens is 3. The molecule has 0 unspecified atom stereocenters. The van der Waals surface area contributed by atoms with Crippen molar-refractivity contribution in [3.8, 4) is 5.75 Å². The van der Waals surface area contributed by atoms with E-state index in [1.54, 1.807) is 26.2 Å². The van der Waals surface area contributed by atoms with E-state index in [-0.39, 0.29) is 5.69 Å². The Balaban J connectivity index is 1.66. The number of benzene rings is 1. The summed E-state index contributed by atoms with van der Waals surface area (Å²) in [4.78, 5) is 12.6. The van der Waals surface area contributed by atoms with Gasteiger partial charge in [-0.3, -0.25) is 9.48 Å². The SMILES string of the molecule is COc1cc2nn(C3CCCCC3)cc2cc1NC(=O)c1cccc(C)[n+]1[O-]. The largest absolute Gasteiger partial charge is 0.618 e. The predicted octanol–water partition coefficient (Wildman–Crippen LogP) is 3.74. The van der Waals surface area contributed by atoms with Crippen LogP contribution in [0.2, 0.25) is 0 Å². The maximum absolute atomic E-state index is 12.6. The lowest BCUT2D eigenvalue weighted by atomic mass is 9.96. The molecule has 4 rings (SSSR count). The quantitative estimate of drug-likeness (QED) is 0.552. The highest BCUT2D eigenvalue weighted by atomic mass is 16.5. The number of hydrogen-bond acceptors (Lipinski definition) is 4. The molecule has 2 aromatic heterocycles. The van der Waals surface area contributed by atoms with Crippen LogP contribution in [-0.4, -0.2) is 22.8 Å². The molecule has 0 aliphatic heterocycles. The maximum Gasteiger partial charge on any atom is 0.321 e. The Kier molecular flexibility index (Phi) is 4.90. The summed E-state index contributed by atoms with van der Waals surface area (Å²) in [6.07, 6.45) is 8.08. The molecule has 7 heteroatoms. The van der Waals surface area contributed by atoms with E-state index >= 15 is 0 Å². The number of aryl methyl sites for hydroxylation is 1. The van der Waals surface area contributed by atoms with E-state index in [1.165, 1.54) is 25.3 Å². The Morgan fingerprint density at radius 2 is 2.07 bits per heavy atom. The second-order valence-electron chi connectivity index (χ2n) is 7.31. The van der Waals surface area contributed by atoms with Crippen molar-refractivity contribution in [3.05, 3.63) is 53.1 Å². The summed E-state index contributed by atoms with van der Waals surface area (Å²) in [7, 11) is 1.55. The van der Waals surface area contributed by atoms with Gasteiger partial charge in [-0.2, -0.15) is 9.83 Å². The number of anilines is 1. The molecule has 7 nitrogen and oxygen atoms in total. The second-order valence-corrected chi connectivity index (χ2v) is 7.31. The Hall–Kier alpha value is -3.09. The van der Waals surface area contributed by atoms with Gasteiger partial charge in [0.15, 0.2) is 5.69 Å². The lowest BCUT2D eigenvalue weighted by molar-refractivity contribution is -0.614. The van der Waals surface area contributed by atoms with Crippen LogP contribution in [0.15, 0.2) is 36.5 Å². The highest BCUT2D eigenvalue weighted by Gasteiger charge is 2.21. The van der Waals surface area contributed by atoms with Crippen molar-refractivity contribution in [2.45, 2.75) is 45.1 Å². The molecule has 0 atom stereocenters. The van der Waals surface area contributed by atoms with Gasteiger partial charge in [-0.1, -0.05) is 19.3 Å². The minimum atomic E-state index is -0.476. The number of methoxy groups -OCH3 is 1.